The van der Waals surface area contributed by atoms with Gasteiger partial charge < -0.3 is 16.6 Å². The van der Waals surface area contributed by atoms with E-state index in [0.717, 1.165) is 0 Å². The Labute approximate surface area is 130 Å². The van der Waals surface area contributed by atoms with Crippen LogP contribution in [0.15, 0.2) is 11.1 Å². The molecule has 0 amide bonds. The highest BCUT2D eigenvalue weighted by Crippen LogP contribution is 2.35. The number of carbonyl (C=O) groups is 3. The largest absolute Gasteiger partial charge is 0.480 e. The van der Waals surface area contributed by atoms with Crippen molar-refractivity contribution in [3.05, 3.63) is 11.1 Å². The van der Waals surface area contributed by atoms with Gasteiger partial charge in [0.2, 0.25) is 0 Å². The van der Waals surface area contributed by atoms with Gasteiger partial charge >= 0.3 is 5.97 Å². The summed E-state index contributed by atoms with van der Waals surface area (Å²) in [5, 5.41) is 8.72. The van der Waals surface area contributed by atoms with Crippen LogP contribution in [0.5, 0.6) is 0 Å². The molecule has 1 aliphatic carbocycles. The van der Waals surface area contributed by atoms with Crippen LogP contribution < -0.4 is 11.5 Å². The van der Waals surface area contributed by atoms with Crippen LogP contribution in [-0.2, 0) is 14.4 Å². The van der Waals surface area contributed by atoms with Gasteiger partial charge in [-0.1, -0.05) is 13.8 Å². The molecule has 1 aliphatic rings. The lowest BCUT2D eigenvalue weighted by atomic mass is 9.72. The highest BCUT2D eigenvalue weighted by Gasteiger charge is 2.37. The maximum absolute atomic E-state index is 12.2. The predicted octanol–water partition coefficient (Wildman–Crippen LogP) is 1.17. The van der Waals surface area contributed by atoms with Gasteiger partial charge in [-0.3, -0.25) is 14.4 Å². The fourth-order valence-corrected chi connectivity index (χ4v) is 2.79. The fraction of sp³-hybridized carbons (Fsp3) is 0.688. The molecule has 1 rings (SSSR count). The van der Waals surface area contributed by atoms with E-state index in [1.807, 2.05) is 13.8 Å². The minimum Gasteiger partial charge on any atom is -0.480 e. The Morgan fingerprint density at radius 1 is 1.14 bits per heavy atom. The number of carboxylic acid groups (broad SMARTS) is 1. The van der Waals surface area contributed by atoms with Crippen molar-refractivity contribution >= 4 is 17.5 Å². The zero-order chi connectivity index (χ0) is 17.1. The Kier molecular flexibility index (Phi) is 6.02. The van der Waals surface area contributed by atoms with Crippen LogP contribution in [0.25, 0.3) is 0 Å². The zero-order valence-corrected chi connectivity index (χ0v) is 13.5. The van der Waals surface area contributed by atoms with Crippen LogP contribution >= 0.6 is 0 Å². The minimum atomic E-state index is -1.04. The lowest BCUT2D eigenvalue weighted by Gasteiger charge is -2.30. The summed E-state index contributed by atoms with van der Waals surface area (Å²) in [4.78, 5) is 35.1. The number of hydrogen-bond donors (Lipinski definition) is 3. The Morgan fingerprint density at radius 3 is 2.05 bits per heavy atom. The average molecular weight is 310 g/mol. The summed E-state index contributed by atoms with van der Waals surface area (Å²) in [6.45, 7) is 5.52. The zero-order valence-electron chi connectivity index (χ0n) is 13.5. The van der Waals surface area contributed by atoms with Crippen molar-refractivity contribution in [1.29, 1.82) is 0 Å². The maximum atomic E-state index is 12.2. The van der Waals surface area contributed by atoms with E-state index in [4.69, 9.17) is 16.6 Å². The lowest BCUT2D eigenvalue weighted by Crippen LogP contribution is -2.35. The van der Waals surface area contributed by atoms with Gasteiger partial charge in [-0.2, -0.15) is 0 Å². The number of carbonyl (C=O) groups excluding carboxylic acids is 2. The van der Waals surface area contributed by atoms with Crippen molar-refractivity contribution in [3.8, 4) is 0 Å². The molecular weight excluding hydrogens is 284 g/mol. The number of aliphatic carboxylic acids is 1. The third-order valence-corrected chi connectivity index (χ3v) is 4.13. The molecule has 6 heteroatoms. The number of allylic oxidation sites excluding steroid dienone is 1. The van der Waals surface area contributed by atoms with Crippen LogP contribution in [0.4, 0.5) is 0 Å². The van der Waals surface area contributed by atoms with Crippen LogP contribution in [0.3, 0.4) is 0 Å². The summed E-state index contributed by atoms with van der Waals surface area (Å²) < 4.78 is 0. The maximum Gasteiger partial charge on any atom is 0.320 e. The molecule has 6 nitrogen and oxygen atoms in total. The van der Waals surface area contributed by atoms with E-state index in [9.17, 15) is 14.4 Å². The molecule has 5 N–H and O–H groups in total. The van der Waals surface area contributed by atoms with Crippen molar-refractivity contribution in [2.45, 2.75) is 65.0 Å². The Morgan fingerprint density at radius 2 is 1.59 bits per heavy atom. The van der Waals surface area contributed by atoms with Crippen molar-refractivity contribution in [1.82, 2.24) is 0 Å². The Balaban J connectivity index is 2.72. The number of carboxylic acids is 1. The second-order valence-electron chi connectivity index (χ2n) is 6.90. The van der Waals surface area contributed by atoms with E-state index in [1.54, 1.807) is 6.92 Å². The molecule has 0 aliphatic heterocycles. The molecule has 0 heterocycles. The molecule has 0 bridgehead atoms. The van der Waals surface area contributed by atoms with Crippen LogP contribution in [-0.4, -0.2) is 34.7 Å². The number of ketones is 2. The number of nitrogens with two attached hydrogens (primary N) is 2. The van der Waals surface area contributed by atoms with E-state index in [1.165, 1.54) is 0 Å². The standard InChI is InChI=1S/C16H26N2O4/c1-9(10(17)5-4-6-11(18)15(21)22)14-12(19)7-16(2,3)8-13(14)20/h10-11H,4-8,17-18H2,1-3H3,(H,21,22). The van der Waals surface area contributed by atoms with Gasteiger partial charge in [-0.15, -0.1) is 0 Å². The number of rotatable bonds is 6. The number of Topliss-reactive ketones (excluding diaryl/α,β-unsaturated/α-hetero) is 2. The highest BCUT2D eigenvalue weighted by molar-refractivity contribution is 6.22. The lowest BCUT2D eigenvalue weighted by molar-refractivity contribution is -0.138. The molecule has 2 unspecified atom stereocenters. The second-order valence-corrected chi connectivity index (χ2v) is 6.90. The molecule has 2 atom stereocenters. The van der Waals surface area contributed by atoms with Crippen molar-refractivity contribution in [3.63, 3.8) is 0 Å². The molecule has 0 aromatic heterocycles. The van der Waals surface area contributed by atoms with Crippen molar-refractivity contribution in [2.24, 2.45) is 16.9 Å². The number of hydrogen-bond acceptors (Lipinski definition) is 5. The molecule has 0 saturated heterocycles. The van der Waals surface area contributed by atoms with Gasteiger partial charge in [-0.25, -0.2) is 0 Å². The first kappa shape index (κ1) is 18.5. The smallest absolute Gasteiger partial charge is 0.320 e. The molecule has 124 valence electrons. The summed E-state index contributed by atoms with van der Waals surface area (Å²) >= 11 is 0. The van der Waals surface area contributed by atoms with Gasteiger partial charge in [0.25, 0.3) is 0 Å². The van der Waals surface area contributed by atoms with Gasteiger partial charge in [0.1, 0.15) is 6.04 Å². The summed E-state index contributed by atoms with van der Waals surface area (Å²) in [5.74, 6) is -1.32. The SMILES string of the molecule is CC(=C1C(=O)CC(C)(C)CC1=O)C(N)CCCC(N)C(=O)O. The van der Waals surface area contributed by atoms with Gasteiger partial charge in [-0.05, 0) is 37.2 Å². The summed E-state index contributed by atoms with van der Waals surface area (Å²) in [7, 11) is 0. The van der Waals surface area contributed by atoms with Crippen molar-refractivity contribution < 1.29 is 19.5 Å². The quantitative estimate of drug-likeness (QED) is 0.500. The summed E-state index contributed by atoms with van der Waals surface area (Å²) in [6, 6.07) is -1.33. The fourth-order valence-electron chi connectivity index (χ4n) is 2.79. The molecular formula is C16H26N2O4. The molecule has 1 fully saturated rings. The van der Waals surface area contributed by atoms with E-state index < -0.39 is 18.1 Å². The van der Waals surface area contributed by atoms with Crippen LogP contribution in [0, 0.1) is 5.41 Å². The molecule has 0 radical (unpaired) electrons. The highest BCUT2D eigenvalue weighted by atomic mass is 16.4. The Bertz CT molecular complexity index is 486. The van der Waals surface area contributed by atoms with Gasteiger partial charge in [0.05, 0.1) is 5.57 Å². The normalized spacial score (nSPS) is 20.7. The van der Waals surface area contributed by atoms with Crippen molar-refractivity contribution in [2.75, 3.05) is 0 Å². The first-order valence-corrected chi connectivity index (χ1v) is 7.56. The van der Waals surface area contributed by atoms with E-state index in [2.05, 4.69) is 0 Å². The third kappa shape index (κ3) is 4.74. The molecule has 1 saturated carbocycles. The van der Waals surface area contributed by atoms with E-state index in [0.29, 0.717) is 37.7 Å². The van der Waals surface area contributed by atoms with Gasteiger partial charge in [0, 0.05) is 18.9 Å². The minimum absolute atomic E-state index is 0.142. The molecule has 0 aromatic rings. The predicted molar refractivity (Wildman–Crippen MR) is 83.2 cm³/mol. The molecule has 0 spiro atoms. The molecule has 22 heavy (non-hydrogen) atoms. The first-order valence-electron chi connectivity index (χ1n) is 7.56. The monoisotopic (exact) mass is 310 g/mol. The van der Waals surface area contributed by atoms with Crippen LogP contribution in [0.2, 0.25) is 0 Å². The third-order valence-electron chi connectivity index (χ3n) is 4.13. The molecule has 0 aromatic carbocycles. The first-order chi connectivity index (χ1) is 10.0. The summed E-state index contributed by atoms with van der Waals surface area (Å²) in [6.07, 6.45) is 2.05. The van der Waals surface area contributed by atoms with E-state index >= 15 is 0 Å². The topological polar surface area (TPSA) is 123 Å². The van der Waals surface area contributed by atoms with E-state index in [-0.39, 0.29) is 22.6 Å². The van der Waals surface area contributed by atoms with Crippen LogP contribution in [0.1, 0.15) is 52.9 Å². The second kappa shape index (κ2) is 7.15. The summed E-state index contributed by atoms with van der Waals surface area (Å²) in [5.41, 5.74) is 12.0. The Hall–Kier alpha value is -1.53. The van der Waals surface area contributed by atoms with Gasteiger partial charge in [0.15, 0.2) is 11.6 Å². The average Bonchev–Trinajstić information content (AvgIpc) is 2.35.